The second-order valence-corrected chi connectivity index (χ2v) is 3.33. The average Bonchev–Trinajstić information content (AvgIpc) is 2.15. The van der Waals surface area contributed by atoms with Crippen molar-refractivity contribution in [2.75, 3.05) is 0 Å². The molecule has 16 heavy (non-hydrogen) atoms. The van der Waals surface area contributed by atoms with Crippen LogP contribution in [0.25, 0.3) is 0 Å². The Morgan fingerprint density at radius 3 is 2.56 bits per heavy atom. The lowest BCUT2D eigenvalue weighted by atomic mass is 10.0. The molecule has 0 fully saturated rings. The smallest absolute Gasteiger partial charge is 0.416 e. The maximum Gasteiger partial charge on any atom is 0.416 e. The number of nitrogens with two attached hydrogens (primary N) is 1. The Bertz CT molecular complexity index is 390. The minimum Gasteiger partial charge on any atom is -0.481 e. The molecule has 0 aliphatic heterocycles. The number of hydrogen-bond donors (Lipinski definition) is 2. The Kier molecular flexibility index (Phi) is 3.54. The molecule has 0 aliphatic carbocycles. The molecule has 0 heterocycles. The van der Waals surface area contributed by atoms with E-state index in [0.717, 1.165) is 12.1 Å². The van der Waals surface area contributed by atoms with Gasteiger partial charge >= 0.3 is 12.1 Å². The van der Waals surface area contributed by atoms with Crippen LogP contribution in [0.15, 0.2) is 24.3 Å². The van der Waals surface area contributed by atoms with Gasteiger partial charge in [0.2, 0.25) is 0 Å². The lowest BCUT2D eigenvalue weighted by Gasteiger charge is -2.12. The molecule has 1 aromatic rings. The quantitative estimate of drug-likeness (QED) is 0.841. The molecule has 6 heteroatoms. The molecule has 1 rings (SSSR count). The Morgan fingerprint density at radius 1 is 1.44 bits per heavy atom. The van der Waals surface area contributed by atoms with Crippen LogP contribution in [0, 0.1) is 0 Å². The largest absolute Gasteiger partial charge is 0.481 e. The van der Waals surface area contributed by atoms with Crippen LogP contribution in [-0.4, -0.2) is 11.1 Å². The van der Waals surface area contributed by atoms with Gasteiger partial charge in [-0.05, 0) is 17.7 Å². The predicted molar refractivity (Wildman–Crippen MR) is 50.6 cm³/mol. The lowest BCUT2D eigenvalue weighted by Crippen LogP contribution is -2.16. The summed E-state index contributed by atoms with van der Waals surface area (Å²) in [7, 11) is 0. The van der Waals surface area contributed by atoms with Crippen LogP contribution in [0.4, 0.5) is 13.2 Å². The van der Waals surface area contributed by atoms with Gasteiger partial charge in [0, 0.05) is 6.04 Å². The van der Waals surface area contributed by atoms with Gasteiger partial charge in [-0.15, -0.1) is 0 Å². The standard InChI is InChI=1S/C10H10F3NO2/c11-10(12,13)7-3-1-2-6(4-7)8(14)5-9(15)16/h1-4,8H,5,14H2,(H,15,16)/t8-/m1/s1. The van der Waals surface area contributed by atoms with Crippen molar-refractivity contribution in [2.45, 2.75) is 18.6 Å². The molecule has 0 radical (unpaired) electrons. The number of rotatable bonds is 3. The Morgan fingerprint density at radius 2 is 2.06 bits per heavy atom. The third kappa shape index (κ3) is 3.23. The van der Waals surface area contributed by atoms with Crippen molar-refractivity contribution in [2.24, 2.45) is 5.73 Å². The highest BCUT2D eigenvalue weighted by atomic mass is 19.4. The highest BCUT2D eigenvalue weighted by Crippen LogP contribution is 2.30. The summed E-state index contributed by atoms with van der Waals surface area (Å²) in [6, 6.07) is 3.44. The van der Waals surface area contributed by atoms with Gasteiger partial charge in [-0.25, -0.2) is 0 Å². The molecule has 1 atom stereocenters. The van der Waals surface area contributed by atoms with Gasteiger partial charge in [-0.3, -0.25) is 4.79 Å². The monoisotopic (exact) mass is 233 g/mol. The highest BCUT2D eigenvalue weighted by molar-refractivity contribution is 5.67. The van der Waals surface area contributed by atoms with Crippen LogP contribution in [0.2, 0.25) is 0 Å². The lowest BCUT2D eigenvalue weighted by molar-refractivity contribution is -0.138. The van der Waals surface area contributed by atoms with Gasteiger partial charge in [0.15, 0.2) is 0 Å². The summed E-state index contributed by atoms with van der Waals surface area (Å²) in [4.78, 5) is 10.4. The molecule has 0 aromatic heterocycles. The van der Waals surface area contributed by atoms with Crippen molar-refractivity contribution >= 4 is 5.97 Å². The number of carboxylic acid groups (broad SMARTS) is 1. The van der Waals surface area contributed by atoms with E-state index < -0.39 is 30.2 Å². The van der Waals surface area contributed by atoms with Crippen molar-refractivity contribution in [3.05, 3.63) is 35.4 Å². The third-order valence-electron chi connectivity index (χ3n) is 2.04. The van der Waals surface area contributed by atoms with E-state index in [4.69, 9.17) is 10.8 Å². The molecule has 0 amide bonds. The number of aliphatic carboxylic acids is 1. The van der Waals surface area contributed by atoms with Gasteiger partial charge in [0.05, 0.1) is 12.0 Å². The summed E-state index contributed by atoms with van der Waals surface area (Å²) >= 11 is 0. The van der Waals surface area contributed by atoms with Gasteiger partial charge in [0.1, 0.15) is 0 Å². The number of benzene rings is 1. The molecule has 1 aromatic carbocycles. The Labute approximate surface area is 89.7 Å². The number of alkyl halides is 3. The second-order valence-electron chi connectivity index (χ2n) is 3.33. The van der Waals surface area contributed by atoms with Gasteiger partial charge < -0.3 is 10.8 Å². The predicted octanol–water partition coefficient (Wildman–Crippen LogP) is 2.18. The summed E-state index contributed by atoms with van der Waals surface area (Å²) < 4.78 is 37.0. The maximum absolute atomic E-state index is 12.3. The van der Waals surface area contributed by atoms with E-state index in [1.54, 1.807) is 0 Å². The average molecular weight is 233 g/mol. The van der Waals surface area contributed by atoms with Crippen LogP contribution in [0.1, 0.15) is 23.6 Å². The van der Waals surface area contributed by atoms with E-state index in [2.05, 4.69) is 0 Å². The third-order valence-corrected chi connectivity index (χ3v) is 2.04. The van der Waals surface area contributed by atoms with E-state index in [9.17, 15) is 18.0 Å². The topological polar surface area (TPSA) is 63.3 Å². The molecule has 0 unspecified atom stereocenters. The zero-order chi connectivity index (χ0) is 12.3. The minimum atomic E-state index is -4.45. The summed E-state index contributed by atoms with van der Waals surface area (Å²) in [5, 5.41) is 8.47. The minimum absolute atomic E-state index is 0.164. The number of halogens is 3. The molecule has 88 valence electrons. The van der Waals surface area contributed by atoms with E-state index in [1.807, 2.05) is 0 Å². The first-order valence-electron chi connectivity index (χ1n) is 4.45. The molecular weight excluding hydrogens is 223 g/mol. The van der Waals surface area contributed by atoms with E-state index in [-0.39, 0.29) is 5.56 Å². The van der Waals surface area contributed by atoms with Crippen LogP contribution in [0.5, 0.6) is 0 Å². The fourth-order valence-electron chi connectivity index (χ4n) is 1.25. The van der Waals surface area contributed by atoms with Crippen molar-refractivity contribution in [1.29, 1.82) is 0 Å². The zero-order valence-corrected chi connectivity index (χ0v) is 8.16. The molecule has 0 spiro atoms. The fraction of sp³-hybridized carbons (Fsp3) is 0.300. The van der Waals surface area contributed by atoms with Crippen molar-refractivity contribution in [3.63, 3.8) is 0 Å². The van der Waals surface area contributed by atoms with Crippen molar-refractivity contribution < 1.29 is 23.1 Å². The van der Waals surface area contributed by atoms with Crippen LogP contribution in [-0.2, 0) is 11.0 Å². The zero-order valence-electron chi connectivity index (χ0n) is 8.16. The van der Waals surface area contributed by atoms with Crippen LogP contribution in [0.3, 0.4) is 0 Å². The second kappa shape index (κ2) is 4.52. The molecule has 0 saturated heterocycles. The molecule has 0 saturated carbocycles. The molecule has 3 nitrogen and oxygen atoms in total. The number of carboxylic acids is 1. The molecular formula is C10H10F3NO2. The van der Waals surface area contributed by atoms with Crippen molar-refractivity contribution in [1.82, 2.24) is 0 Å². The summed E-state index contributed by atoms with van der Waals surface area (Å²) in [6.07, 6.45) is -4.85. The number of hydrogen-bond acceptors (Lipinski definition) is 2. The normalized spacial score (nSPS) is 13.5. The number of carbonyl (C=O) groups is 1. The Balaban J connectivity index is 2.94. The van der Waals surface area contributed by atoms with E-state index in [0.29, 0.717) is 0 Å². The van der Waals surface area contributed by atoms with Crippen molar-refractivity contribution in [3.8, 4) is 0 Å². The molecule has 0 aliphatic rings. The van der Waals surface area contributed by atoms with Crippen LogP contribution < -0.4 is 5.73 Å². The summed E-state index contributed by atoms with van der Waals surface area (Å²) in [5.41, 5.74) is 4.80. The summed E-state index contributed by atoms with van der Waals surface area (Å²) in [6.45, 7) is 0. The first-order chi connectivity index (χ1) is 7.30. The van der Waals surface area contributed by atoms with Gasteiger partial charge in [-0.2, -0.15) is 13.2 Å². The highest BCUT2D eigenvalue weighted by Gasteiger charge is 2.30. The first-order valence-corrected chi connectivity index (χ1v) is 4.45. The van der Waals surface area contributed by atoms with E-state index in [1.165, 1.54) is 12.1 Å². The fourth-order valence-corrected chi connectivity index (χ4v) is 1.25. The van der Waals surface area contributed by atoms with Gasteiger partial charge in [-0.1, -0.05) is 12.1 Å². The Hall–Kier alpha value is -1.56. The maximum atomic E-state index is 12.3. The van der Waals surface area contributed by atoms with E-state index >= 15 is 0 Å². The van der Waals surface area contributed by atoms with Gasteiger partial charge in [0.25, 0.3) is 0 Å². The summed E-state index contributed by atoms with van der Waals surface area (Å²) in [5.74, 6) is -1.15. The first kappa shape index (κ1) is 12.5. The molecule has 3 N–H and O–H groups in total. The van der Waals surface area contributed by atoms with Crippen LogP contribution >= 0.6 is 0 Å². The SMILES string of the molecule is N[C@H](CC(=O)O)c1cccc(C(F)(F)F)c1. The molecule has 0 bridgehead atoms.